The fraction of sp³-hybridized carbons (Fsp3) is 0.125. The number of halogens is 1. The van der Waals surface area contributed by atoms with E-state index in [0.717, 1.165) is 17.0 Å². The Labute approximate surface area is 210 Å². The Balaban J connectivity index is 1.50. The summed E-state index contributed by atoms with van der Waals surface area (Å²) in [4.78, 5) is 13.3. The van der Waals surface area contributed by atoms with E-state index < -0.39 is 5.25 Å². The molecule has 0 aliphatic carbocycles. The number of aromatic nitrogens is 2. The van der Waals surface area contributed by atoms with Crippen LogP contribution in [0.1, 0.15) is 10.8 Å². The van der Waals surface area contributed by atoms with Crippen molar-refractivity contribution in [2.75, 3.05) is 24.9 Å². The van der Waals surface area contributed by atoms with Crippen LogP contribution in [0.3, 0.4) is 0 Å². The predicted molar refractivity (Wildman–Crippen MR) is 138 cm³/mol. The minimum atomic E-state index is -0.538. The normalized spacial score (nSPS) is 11.5. The van der Waals surface area contributed by atoms with Gasteiger partial charge in [0.25, 0.3) is 0 Å². The van der Waals surface area contributed by atoms with Gasteiger partial charge in [-0.25, -0.2) is 0 Å². The van der Waals surface area contributed by atoms with Gasteiger partial charge in [0.15, 0.2) is 4.34 Å². The van der Waals surface area contributed by atoms with E-state index in [0.29, 0.717) is 25.9 Å². The van der Waals surface area contributed by atoms with Crippen molar-refractivity contribution in [2.45, 2.75) is 9.59 Å². The maximum absolute atomic E-state index is 13.3. The highest BCUT2D eigenvalue weighted by Gasteiger charge is 2.24. The number of hydrogen-bond acceptors (Lipinski definition) is 8. The number of methoxy groups -OCH3 is 2. The Hall–Kier alpha value is -3.27. The maximum atomic E-state index is 13.3. The van der Waals surface area contributed by atoms with Crippen molar-refractivity contribution in [2.24, 2.45) is 0 Å². The predicted octanol–water partition coefficient (Wildman–Crippen LogP) is 6.42. The lowest BCUT2D eigenvalue weighted by atomic mass is 10.1. The van der Waals surface area contributed by atoms with Crippen molar-refractivity contribution in [1.82, 2.24) is 10.2 Å². The van der Waals surface area contributed by atoms with Crippen molar-refractivity contribution in [3.8, 4) is 11.5 Å². The third-order valence-corrected chi connectivity index (χ3v) is 7.20. The van der Waals surface area contributed by atoms with E-state index in [1.165, 1.54) is 23.1 Å². The first-order valence-electron chi connectivity index (χ1n) is 10.2. The van der Waals surface area contributed by atoms with Gasteiger partial charge >= 0.3 is 0 Å². The van der Waals surface area contributed by atoms with E-state index >= 15 is 0 Å². The summed E-state index contributed by atoms with van der Waals surface area (Å²) >= 11 is 8.92. The molecule has 0 radical (unpaired) electrons. The van der Waals surface area contributed by atoms with Crippen LogP contribution in [0.15, 0.2) is 77.1 Å². The number of carbonyl (C=O) groups excluding carboxylic acids is 1. The van der Waals surface area contributed by atoms with E-state index in [1.54, 1.807) is 32.4 Å². The fourth-order valence-corrected chi connectivity index (χ4v) is 5.28. The van der Waals surface area contributed by atoms with Crippen LogP contribution in [-0.4, -0.2) is 30.3 Å². The zero-order chi connectivity index (χ0) is 23.9. The molecule has 0 unspecified atom stereocenters. The number of rotatable bonds is 9. The summed E-state index contributed by atoms with van der Waals surface area (Å²) in [5.74, 6) is 1.12. The molecular formula is C24H21ClN4O3S2. The highest BCUT2D eigenvalue weighted by Crippen LogP contribution is 2.39. The molecule has 0 aliphatic heterocycles. The molecule has 10 heteroatoms. The molecule has 0 aliphatic rings. The van der Waals surface area contributed by atoms with E-state index in [9.17, 15) is 4.79 Å². The third kappa shape index (κ3) is 5.99. The molecule has 1 atom stereocenters. The number of amides is 1. The topological polar surface area (TPSA) is 85.4 Å². The summed E-state index contributed by atoms with van der Waals surface area (Å²) in [6, 6.07) is 22.2. The molecule has 174 valence electrons. The van der Waals surface area contributed by atoms with Gasteiger partial charge < -0.3 is 20.1 Å². The first-order valence-corrected chi connectivity index (χ1v) is 12.2. The van der Waals surface area contributed by atoms with Gasteiger partial charge in [0.1, 0.15) is 16.7 Å². The van der Waals surface area contributed by atoms with E-state index in [2.05, 4.69) is 20.8 Å². The van der Waals surface area contributed by atoms with Crippen LogP contribution in [0.25, 0.3) is 0 Å². The summed E-state index contributed by atoms with van der Waals surface area (Å²) in [5, 5.41) is 15.2. The molecular weight excluding hydrogens is 492 g/mol. The van der Waals surface area contributed by atoms with Crippen LogP contribution < -0.4 is 20.1 Å². The van der Waals surface area contributed by atoms with Crippen LogP contribution in [0.2, 0.25) is 5.02 Å². The van der Waals surface area contributed by atoms with Crippen LogP contribution in [-0.2, 0) is 4.79 Å². The van der Waals surface area contributed by atoms with Gasteiger partial charge in [0.2, 0.25) is 11.0 Å². The number of ether oxygens (including phenoxy) is 2. The SMILES string of the molecule is COc1ccc(Nc2nnc(S[C@H](C(=O)Nc3ccc(OC)c(Cl)c3)c3ccccc3)s2)cc1. The molecule has 1 aromatic heterocycles. The fourth-order valence-electron chi connectivity index (χ4n) is 3.06. The summed E-state index contributed by atoms with van der Waals surface area (Å²) in [6.07, 6.45) is 0. The number of anilines is 3. The van der Waals surface area contributed by atoms with Crippen molar-refractivity contribution in [3.05, 3.63) is 83.4 Å². The van der Waals surface area contributed by atoms with E-state index in [-0.39, 0.29) is 5.91 Å². The standard InChI is InChI=1S/C24H21ClN4O3S2/c1-31-18-11-8-16(9-12-18)27-23-28-29-24(34-23)33-21(15-6-4-3-5-7-15)22(30)26-17-10-13-20(32-2)19(25)14-17/h3-14,21H,1-2H3,(H,26,30)(H,27,28)/t21-/m0/s1. The molecule has 0 fully saturated rings. The molecule has 0 saturated carbocycles. The molecule has 4 rings (SSSR count). The van der Waals surface area contributed by atoms with Crippen molar-refractivity contribution >= 4 is 57.1 Å². The first-order chi connectivity index (χ1) is 16.6. The Morgan fingerprint density at radius 3 is 2.38 bits per heavy atom. The average Bonchev–Trinajstić information content (AvgIpc) is 3.30. The van der Waals surface area contributed by atoms with Gasteiger partial charge in [-0.05, 0) is 48.0 Å². The highest BCUT2D eigenvalue weighted by molar-refractivity contribution is 8.02. The summed E-state index contributed by atoms with van der Waals surface area (Å²) in [7, 11) is 3.17. The summed E-state index contributed by atoms with van der Waals surface area (Å²) in [6.45, 7) is 0. The number of nitrogens with zero attached hydrogens (tertiary/aromatic N) is 2. The highest BCUT2D eigenvalue weighted by atomic mass is 35.5. The maximum Gasteiger partial charge on any atom is 0.242 e. The largest absolute Gasteiger partial charge is 0.497 e. The molecule has 1 heterocycles. The Morgan fingerprint density at radius 1 is 0.971 bits per heavy atom. The van der Waals surface area contributed by atoms with Gasteiger partial charge in [-0.3, -0.25) is 4.79 Å². The zero-order valence-electron chi connectivity index (χ0n) is 18.3. The van der Waals surface area contributed by atoms with Gasteiger partial charge in [-0.15, -0.1) is 10.2 Å². The monoisotopic (exact) mass is 512 g/mol. The van der Waals surface area contributed by atoms with Crippen LogP contribution >= 0.6 is 34.7 Å². The molecule has 0 bridgehead atoms. The Bertz CT molecular complexity index is 1250. The minimum Gasteiger partial charge on any atom is -0.497 e. The quantitative estimate of drug-likeness (QED) is 0.250. The molecule has 4 aromatic rings. The van der Waals surface area contributed by atoms with Crippen molar-refractivity contribution in [3.63, 3.8) is 0 Å². The van der Waals surface area contributed by atoms with Gasteiger partial charge in [0.05, 0.1) is 19.2 Å². The molecule has 34 heavy (non-hydrogen) atoms. The van der Waals surface area contributed by atoms with Crippen LogP contribution in [0, 0.1) is 0 Å². The van der Waals surface area contributed by atoms with Crippen LogP contribution in [0.5, 0.6) is 11.5 Å². The van der Waals surface area contributed by atoms with Crippen LogP contribution in [0.4, 0.5) is 16.5 Å². The lowest BCUT2D eigenvalue weighted by molar-refractivity contribution is -0.115. The lowest BCUT2D eigenvalue weighted by Crippen LogP contribution is -2.19. The van der Waals surface area contributed by atoms with Crippen molar-refractivity contribution in [1.29, 1.82) is 0 Å². The van der Waals surface area contributed by atoms with Crippen molar-refractivity contribution < 1.29 is 14.3 Å². The smallest absolute Gasteiger partial charge is 0.242 e. The van der Waals surface area contributed by atoms with Gasteiger partial charge in [-0.1, -0.05) is 65.0 Å². The number of carbonyl (C=O) groups is 1. The molecule has 0 spiro atoms. The number of nitrogens with one attached hydrogen (secondary N) is 2. The second-order valence-corrected chi connectivity index (χ2v) is 9.71. The summed E-state index contributed by atoms with van der Waals surface area (Å²) < 4.78 is 11.0. The molecule has 7 nitrogen and oxygen atoms in total. The Kier molecular flexibility index (Phi) is 7.89. The Morgan fingerprint density at radius 2 is 1.71 bits per heavy atom. The summed E-state index contributed by atoms with van der Waals surface area (Å²) in [5.41, 5.74) is 2.29. The molecule has 3 aromatic carbocycles. The molecule has 1 amide bonds. The van der Waals surface area contributed by atoms with Gasteiger partial charge in [0, 0.05) is 11.4 Å². The van der Waals surface area contributed by atoms with E-state index in [4.69, 9.17) is 21.1 Å². The zero-order valence-corrected chi connectivity index (χ0v) is 20.7. The van der Waals surface area contributed by atoms with Gasteiger partial charge in [-0.2, -0.15) is 0 Å². The molecule has 2 N–H and O–H groups in total. The minimum absolute atomic E-state index is 0.197. The number of thioether (sulfide) groups is 1. The lowest BCUT2D eigenvalue weighted by Gasteiger charge is -2.16. The second-order valence-electron chi connectivity index (χ2n) is 6.97. The second kappa shape index (κ2) is 11.2. The third-order valence-electron chi connectivity index (χ3n) is 4.73. The number of benzene rings is 3. The molecule has 0 saturated heterocycles. The average molecular weight is 513 g/mol. The van der Waals surface area contributed by atoms with E-state index in [1.807, 2.05) is 54.6 Å². The number of hydrogen-bond donors (Lipinski definition) is 2. The first kappa shape index (κ1) is 23.9.